The summed E-state index contributed by atoms with van der Waals surface area (Å²) in [5.74, 6) is 2.32. The first-order chi connectivity index (χ1) is 12.8. The fourth-order valence-electron chi connectivity index (χ4n) is 4.35. The first-order valence-electron chi connectivity index (χ1n) is 9.10. The second-order valence-electron chi connectivity index (χ2n) is 7.65. The molecule has 2 aliphatic rings. The lowest BCUT2D eigenvalue weighted by molar-refractivity contribution is 0.352. The van der Waals surface area contributed by atoms with Crippen molar-refractivity contribution in [3.63, 3.8) is 0 Å². The van der Waals surface area contributed by atoms with Gasteiger partial charge < -0.3 is 9.80 Å². The van der Waals surface area contributed by atoms with Gasteiger partial charge in [-0.1, -0.05) is 30.3 Å². The Kier molecular flexibility index (Phi) is 4.55. The molecule has 8 heteroatoms. The molecule has 0 saturated carbocycles. The summed E-state index contributed by atoms with van der Waals surface area (Å²) >= 11 is 0. The van der Waals surface area contributed by atoms with E-state index in [0.29, 0.717) is 12.5 Å². The molecule has 7 nitrogen and oxygen atoms in total. The van der Waals surface area contributed by atoms with E-state index < -0.39 is 10.0 Å². The Labute approximate surface area is 160 Å². The summed E-state index contributed by atoms with van der Waals surface area (Å²) in [5, 5.41) is 0. The minimum absolute atomic E-state index is 0.119. The van der Waals surface area contributed by atoms with Crippen molar-refractivity contribution in [2.75, 3.05) is 49.8 Å². The number of anilines is 2. The van der Waals surface area contributed by atoms with Crippen molar-refractivity contribution in [2.45, 2.75) is 6.04 Å². The van der Waals surface area contributed by atoms with Gasteiger partial charge in [0.2, 0.25) is 10.0 Å². The molecular formula is C19H25N5O2S. The van der Waals surface area contributed by atoms with Gasteiger partial charge in [0.05, 0.1) is 12.3 Å². The summed E-state index contributed by atoms with van der Waals surface area (Å²) in [7, 11) is 0.658. The Balaban J connectivity index is 1.64. The molecule has 0 unspecified atom stereocenters. The van der Waals surface area contributed by atoms with Crippen LogP contribution in [0.3, 0.4) is 0 Å². The van der Waals surface area contributed by atoms with Crippen LogP contribution < -0.4 is 9.80 Å². The Morgan fingerprint density at radius 2 is 1.81 bits per heavy atom. The van der Waals surface area contributed by atoms with E-state index in [1.54, 1.807) is 10.6 Å². The molecule has 0 spiro atoms. The quantitative estimate of drug-likeness (QED) is 0.794. The standard InChI is InChI=1S/C19H25N5O2S/c1-22(2)17-9-18(21-13-20-17)23-10-15-11-24(27(3,25)26)19(16(15)12-23)14-7-5-4-6-8-14/h4-9,13,15-16,19H,10-12H2,1-3H3/t15-,16-,19+/m1/s1. The number of benzene rings is 1. The van der Waals surface area contributed by atoms with Crippen LogP contribution >= 0.6 is 0 Å². The van der Waals surface area contributed by atoms with Gasteiger partial charge in [-0.3, -0.25) is 0 Å². The molecule has 3 heterocycles. The lowest BCUT2D eigenvalue weighted by Crippen LogP contribution is -2.35. The van der Waals surface area contributed by atoms with Crippen molar-refractivity contribution >= 4 is 21.7 Å². The molecule has 2 saturated heterocycles. The van der Waals surface area contributed by atoms with Gasteiger partial charge >= 0.3 is 0 Å². The average Bonchev–Trinajstić information content (AvgIpc) is 3.20. The summed E-state index contributed by atoms with van der Waals surface area (Å²) in [5.41, 5.74) is 1.06. The lowest BCUT2D eigenvalue weighted by atomic mass is 9.90. The molecule has 0 N–H and O–H groups in total. The zero-order chi connectivity index (χ0) is 19.2. The maximum Gasteiger partial charge on any atom is 0.211 e. The molecular weight excluding hydrogens is 362 g/mol. The topological polar surface area (TPSA) is 69.6 Å². The minimum Gasteiger partial charge on any atom is -0.363 e. The highest BCUT2D eigenvalue weighted by atomic mass is 32.2. The van der Waals surface area contributed by atoms with Gasteiger partial charge in [0.25, 0.3) is 0 Å². The van der Waals surface area contributed by atoms with Crippen LogP contribution in [0.1, 0.15) is 11.6 Å². The fraction of sp³-hybridized carbons (Fsp3) is 0.474. The second kappa shape index (κ2) is 6.76. The molecule has 0 radical (unpaired) electrons. The number of fused-ring (bicyclic) bond motifs is 1. The van der Waals surface area contributed by atoms with Crippen molar-refractivity contribution in [1.29, 1.82) is 0 Å². The maximum atomic E-state index is 12.4. The van der Waals surface area contributed by atoms with Gasteiger partial charge in [0.1, 0.15) is 18.0 Å². The summed E-state index contributed by atoms with van der Waals surface area (Å²) < 4.78 is 26.5. The van der Waals surface area contributed by atoms with Crippen LogP contribution in [0.15, 0.2) is 42.7 Å². The zero-order valence-electron chi connectivity index (χ0n) is 15.9. The molecule has 0 aliphatic carbocycles. The molecule has 3 atom stereocenters. The van der Waals surface area contributed by atoms with Crippen LogP contribution in [0, 0.1) is 11.8 Å². The fourth-order valence-corrected chi connectivity index (χ4v) is 5.51. The van der Waals surface area contributed by atoms with Crippen LogP contribution in [-0.2, 0) is 10.0 Å². The van der Waals surface area contributed by atoms with Crippen LogP contribution in [0.25, 0.3) is 0 Å². The Morgan fingerprint density at radius 1 is 1.07 bits per heavy atom. The van der Waals surface area contributed by atoms with Crippen molar-refractivity contribution < 1.29 is 8.42 Å². The van der Waals surface area contributed by atoms with E-state index in [4.69, 9.17) is 0 Å². The van der Waals surface area contributed by atoms with Crippen molar-refractivity contribution in [3.8, 4) is 0 Å². The van der Waals surface area contributed by atoms with Crippen LogP contribution in [0.4, 0.5) is 11.6 Å². The highest BCUT2D eigenvalue weighted by Gasteiger charge is 2.50. The second-order valence-corrected chi connectivity index (χ2v) is 9.58. The van der Waals surface area contributed by atoms with Crippen molar-refractivity contribution in [2.24, 2.45) is 11.8 Å². The Bertz CT molecular complexity index is 919. The normalized spacial score (nSPS) is 25.6. The van der Waals surface area contributed by atoms with E-state index in [2.05, 4.69) is 14.9 Å². The van der Waals surface area contributed by atoms with Crippen molar-refractivity contribution in [3.05, 3.63) is 48.3 Å². The number of hydrogen-bond donors (Lipinski definition) is 0. The van der Waals surface area contributed by atoms with E-state index in [1.807, 2.05) is 55.4 Å². The number of nitrogens with zero attached hydrogens (tertiary/aromatic N) is 5. The van der Waals surface area contributed by atoms with Crippen LogP contribution in [0.5, 0.6) is 0 Å². The molecule has 1 aromatic carbocycles. The van der Waals surface area contributed by atoms with E-state index in [1.165, 1.54) is 6.26 Å². The van der Waals surface area contributed by atoms with E-state index in [9.17, 15) is 8.42 Å². The van der Waals surface area contributed by atoms with Gasteiger partial charge in [-0.15, -0.1) is 0 Å². The van der Waals surface area contributed by atoms with Gasteiger partial charge in [-0.25, -0.2) is 18.4 Å². The monoisotopic (exact) mass is 387 g/mol. The predicted molar refractivity (Wildman–Crippen MR) is 106 cm³/mol. The average molecular weight is 388 g/mol. The number of sulfonamides is 1. The van der Waals surface area contributed by atoms with Crippen LogP contribution in [-0.4, -0.2) is 62.7 Å². The summed E-state index contributed by atoms with van der Waals surface area (Å²) in [6, 6.07) is 11.9. The highest BCUT2D eigenvalue weighted by Crippen LogP contribution is 2.46. The van der Waals surface area contributed by atoms with Gasteiger partial charge in [-0.2, -0.15) is 4.31 Å². The molecule has 2 aromatic rings. The maximum absolute atomic E-state index is 12.4. The largest absolute Gasteiger partial charge is 0.363 e. The summed E-state index contributed by atoms with van der Waals surface area (Å²) in [6.45, 7) is 2.16. The summed E-state index contributed by atoms with van der Waals surface area (Å²) in [4.78, 5) is 13.0. The first-order valence-corrected chi connectivity index (χ1v) is 11.0. The molecule has 4 rings (SSSR count). The third-order valence-corrected chi connectivity index (χ3v) is 6.84. The molecule has 0 bridgehead atoms. The summed E-state index contributed by atoms with van der Waals surface area (Å²) in [6.07, 6.45) is 2.91. The molecule has 144 valence electrons. The molecule has 2 aliphatic heterocycles. The molecule has 0 amide bonds. The van der Waals surface area contributed by atoms with E-state index in [0.717, 1.165) is 30.3 Å². The van der Waals surface area contributed by atoms with E-state index in [-0.39, 0.29) is 12.0 Å². The smallest absolute Gasteiger partial charge is 0.211 e. The van der Waals surface area contributed by atoms with E-state index >= 15 is 0 Å². The molecule has 2 fully saturated rings. The zero-order valence-corrected chi connectivity index (χ0v) is 16.7. The number of rotatable bonds is 4. The number of aromatic nitrogens is 2. The molecule has 1 aromatic heterocycles. The lowest BCUT2D eigenvalue weighted by Gasteiger charge is -2.28. The Hall–Kier alpha value is -2.19. The number of hydrogen-bond acceptors (Lipinski definition) is 6. The highest BCUT2D eigenvalue weighted by molar-refractivity contribution is 7.88. The predicted octanol–water partition coefficient (Wildman–Crippen LogP) is 1.61. The van der Waals surface area contributed by atoms with Crippen molar-refractivity contribution in [1.82, 2.24) is 14.3 Å². The van der Waals surface area contributed by atoms with Gasteiger partial charge in [0, 0.05) is 45.7 Å². The third-order valence-electron chi connectivity index (χ3n) is 5.61. The van der Waals surface area contributed by atoms with Crippen LogP contribution in [0.2, 0.25) is 0 Å². The Morgan fingerprint density at radius 3 is 2.48 bits per heavy atom. The molecule has 27 heavy (non-hydrogen) atoms. The SMILES string of the molecule is CN(C)c1cc(N2C[C@@H]3CN(S(C)(=O)=O)[C@@H](c4ccccc4)[C@@H]3C2)ncn1. The van der Waals surface area contributed by atoms with Gasteiger partial charge in [-0.05, 0) is 11.5 Å². The first kappa shape index (κ1) is 18.2. The third kappa shape index (κ3) is 3.39. The van der Waals surface area contributed by atoms with Gasteiger partial charge in [0.15, 0.2) is 0 Å². The minimum atomic E-state index is -3.26.